The van der Waals surface area contributed by atoms with Crippen molar-refractivity contribution in [1.82, 2.24) is 29.2 Å². The quantitative estimate of drug-likeness (QED) is 0.366. The molecule has 3 aromatic heterocycles. The number of rotatable bonds is 8. The molecule has 0 unspecified atom stereocenters. The molecule has 4 aromatic rings. The Hall–Kier alpha value is -4.18. The van der Waals surface area contributed by atoms with E-state index >= 15 is 0 Å². The van der Waals surface area contributed by atoms with Crippen molar-refractivity contribution >= 4 is 11.7 Å². The molecular weight excluding hydrogens is 497 g/mol. The van der Waals surface area contributed by atoms with Crippen LogP contribution in [0.5, 0.6) is 0 Å². The summed E-state index contributed by atoms with van der Waals surface area (Å²) < 4.78 is 17.8. The van der Waals surface area contributed by atoms with Gasteiger partial charge in [-0.05, 0) is 86.8 Å². The summed E-state index contributed by atoms with van der Waals surface area (Å²) in [6, 6.07) is 10.1. The van der Waals surface area contributed by atoms with Gasteiger partial charge in [-0.1, -0.05) is 6.07 Å². The van der Waals surface area contributed by atoms with Crippen molar-refractivity contribution in [3.05, 3.63) is 81.9 Å². The third-order valence-electron chi connectivity index (χ3n) is 7.11. The minimum atomic E-state index is -0.492. The van der Waals surface area contributed by atoms with Crippen LogP contribution in [0.2, 0.25) is 0 Å². The average molecular weight is 528 g/mol. The van der Waals surface area contributed by atoms with Crippen molar-refractivity contribution in [3.63, 3.8) is 0 Å². The summed E-state index contributed by atoms with van der Waals surface area (Å²) in [6.45, 7) is 0.613. The van der Waals surface area contributed by atoms with E-state index in [-0.39, 0.29) is 23.0 Å². The zero-order valence-corrected chi connectivity index (χ0v) is 22.2. The minimum Gasteiger partial charge on any atom is -0.317 e. The predicted octanol–water partition coefficient (Wildman–Crippen LogP) is 4.37. The third kappa shape index (κ3) is 5.24. The predicted molar refractivity (Wildman–Crippen MR) is 146 cm³/mol. The van der Waals surface area contributed by atoms with Crippen LogP contribution in [0.1, 0.15) is 59.3 Å². The van der Waals surface area contributed by atoms with Crippen molar-refractivity contribution in [1.29, 1.82) is 0 Å². The monoisotopic (exact) mass is 527 g/mol. The van der Waals surface area contributed by atoms with Gasteiger partial charge in [0.1, 0.15) is 23.5 Å². The lowest BCUT2D eigenvalue weighted by Gasteiger charge is -2.15. The Balaban J connectivity index is 1.40. The standard InChI is InChI=1S/C29H30FN7O2/c1-35(2)14-17-10-24(29(39)37(15-17)21-7-8-21)28(38)33-26-12-19(11-25(32-26)18-4-5-18)22-9-6-20(30)13-23(22)27-34-31-16-36(27)3/h6,9-13,15-16,18,21H,4-5,7-8,14H2,1-3H3,(H,32,33,38). The van der Waals surface area contributed by atoms with Crippen LogP contribution in [-0.2, 0) is 13.6 Å². The Bertz CT molecular complexity index is 1630. The number of aryl methyl sites for hydroxylation is 1. The van der Waals surface area contributed by atoms with Gasteiger partial charge in [0.2, 0.25) is 0 Å². The molecule has 9 nitrogen and oxygen atoms in total. The number of aromatic nitrogens is 5. The maximum atomic E-state index is 14.3. The highest BCUT2D eigenvalue weighted by Crippen LogP contribution is 2.42. The van der Waals surface area contributed by atoms with Crippen LogP contribution in [0, 0.1) is 5.82 Å². The first-order valence-corrected chi connectivity index (χ1v) is 13.1. The number of hydrogen-bond donors (Lipinski definition) is 1. The fraction of sp³-hybridized carbons (Fsp3) is 0.345. The zero-order chi connectivity index (χ0) is 27.3. The second-order valence-corrected chi connectivity index (χ2v) is 10.8. The molecule has 1 N–H and O–H groups in total. The first-order chi connectivity index (χ1) is 18.8. The van der Waals surface area contributed by atoms with Gasteiger partial charge in [-0.3, -0.25) is 9.59 Å². The Morgan fingerprint density at radius 3 is 2.56 bits per heavy atom. The molecule has 39 heavy (non-hydrogen) atoms. The normalized spacial score (nSPS) is 15.1. The van der Waals surface area contributed by atoms with Crippen LogP contribution in [0.25, 0.3) is 22.5 Å². The van der Waals surface area contributed by atoms with Crippen molar-refractivity contribution in [2.75, 3.05) is 19.4 Å². The Morgan fingerprint density at radius 2 is 1.90 bits per heavy atom. The highest BCUT2D eigenvalue weighted by atomic mass is 19.1. The SMILES string of the molecule is CN(C)Cc1cc(C(=O)Nc2cc(-c3ccc(F)cc3-c3nncn3C)cc(C3CC3)n2)c(=O)n(C2CC2)c1. The van der Waals surface area contributed by atoms with Crippen molar-refractivity contribution in [3.8, 4) is 22.5 Å². The molecule has 2 saturated carbocycles. The van der Waals surface area contributed by atoms with Gasteiger partial charge in [0.15, 0.2) is 5.82 Å². The number of benzene rings is 1. The topological polar surface area (TPSA) is 97.9 Å². The van der Waals surface area contributed by atoms with Crippen molar-refractivity contribution in [2.45, 2.75) is 44.2 Å². The van der Waals surface area contributed by atoms with Crippen LogP contribution >= 0.6 is 0 Å². The lowest BCUT2D eigenvalue weighted by Crippen LogP contribution is -2.30. The van der Waals surface area contributed by atoms with Crippen LogP contribution in [0.4, 0.5) is 10.2 Å². The minimum absolute atomic E-state index is 0.1000. The Labute approximate surface area is 225 Å². The Kier molecular flexibility index (Phi) is 6.34. The van der Waals surface area contributed by atoms with E-state index in [1.807, 2.05) is 31.3 Å². The van der Waals surface area contributed by atoms with E-state index in [9.17, 15) is 14.0 Å². The highest BCUT2D eigenvalue weighted by Gasteiger charge is 2.29. The van der Waals surface area contributed by atoms with Gasteiger partial charge in [-0.2, -0.15) is 0 Å². The number of halogens is 1. The number of anilines is 1. The molecule has 0 saturated heterocycles. The number of nitrogens with one attached hydrogen (secondary N) is 1. The number of pyridine rings is 2. The van der Waals surface area contributed by atoms with Gasteiger partial charge in [0, 0.05) is 43.0 Å². The number of amides is 1. The molecule has 2 aliphatic carbocycles. The molecule has 2 fully saturated rings. The first-order valence-electron chi connectivity index (χ1n) is 13.1. The molecule has 2 aliphatic rings. The molecule has 0 atom stereocenters. The molecule has 0 aliphatic heterocycles. The molecular formula is C29H30FN7O2. The van der Waals surface area contributed by atoms with Crippen molar-refractivity contribution in [2.24, 2.45) is 7.05 Å². The zero-order valence-electron chi connectivity index (χ0n) is 22.2. The van der Waals surface area contributed by atoms with Gasteiger partial charge in [0.05, 0.1) is 0 Å². The van der Waals surface area contributed by atoms with E-state index in [0.29, 0.717) is 29.7 Å². The molecule has 0 spiro atoms. The number of hydrogen-bond acceptors (Lipinski definition) is 6. The molecule has 1 aromatic carbocycles. The molecule has 6 rings (SSSR count). The van der Waals surface area contributed by atoms with Crippen LogP contribution < -0.4 is 10.9 Å². The number of carbonyl (C=O) groups excluding carboxylic acids is 1. The lowest BCUT2D eigenvalue weighted by molar-refractivity contribution is 0.102. The van der Waals surface area contributed by atoms with E-state index in [2.05, 4.69) is 15.5 Å². The van der Waals surface area contributed by atoms with Crippen molar-refractivity contribution < 1.29 is 9.18 Å². The van der Waals surface area contributed by atoms with E-state index in [0.717, 1.165) is 48.1 Å². The summed E-state index contributed by atoms with van der Waals surface area (Å²) in [5.74, 6) is 0.302. The van der Waals surface area contributed by atoms with Gasteiger partial charge >= 0.3 is 0 Å². The van der Waals surface area contributed by atoms with E-state index in [1.54, 1.807) is 40.7 Å². The largest absolute Gasteiger partial charge is 0.317 e. The Morgan fingerprint density at radius 1 is 1.10 bits per heavy atom. The lowest BCUT2D eigenvalue weighted by atomic mass is 9.98. The van der Waals surface area contributed by atoms with E-state index < -0.39 is 5.91 Å². The van der Waals surface area contributed by atoms with Crippen LogP contribution in [0.3, 0.4) is 0 Å². The van der Waals surface area contributed by atoms with Gasteiger partial charge in [-0.25, -0.2) is 9.37 Å². The summed E-state index contributed by atoms with van der Waals surface area (Å²) in [7, 11) is 5.70. The van der Waals surface area contributed by atoms with E-state index in [4.69, 9.17) is 4.98 Å². The summed E-state index contributed by atoms with van der Waals surface area (Å²) in [5, 5.41) is 11.0. The second-order valence-electron chi connectivity index (χ2n) is 10.8. The molecule has 1 amide bonds. The summed E-state index contributed by atoms with van der Waals surface area (Å²) >= 11 is 0. The molecule has 200 valence electrons. The summed E-state index contributed by atoms with van der Waals surface area (Å²) in [6.07, 6.45) is 7.34. The van der Waals surface area contributed by atoms with E-state index in [1.165, 1.54) is 12.1 Å². The highest BCUT2D eigenvalue weighted by molar-refractivity contribution is 6.04. The van der Waals surface area contributed by atoms with Crippen LogP contribution in [0.15, 0.2) is 53.7 Å². The second kappa shape index (κ2) is 9.85. The van der Waals surface area contributed by atoms with Gasteiger partial charge < -0.3 is 19.4 Å². The van der Waals surface area contributed by atoms with Crippen LogP contribution in [-0.4, -0.2) is 49.2 Å². The smallest absolute Gasteiger partial charge is 0.263 e. The average Bonchev–Trinajstić information content (AvgIpc) is 3.82. The maximum Gasteiger partial charge on any atom is 0.263 e. The molecule has 0 radical (unpaired) electrons. The first kappa shape index (κ1) is 25.1. The van der Waals surface area contributed by atoms with Gasteiger partial charge in [-0.15, -0.1) is 10.2 Å². The fourth-order valence-electron chi connectivity index (χ4n) is 4.92. The fourth-order valence-corrected chi connectivity index (χ4v) is 4.92. The molecule has 10 heteroatoms. The molecule has 3 heterocycles. The number of nitrogens with zero attached hydrogens (tertiary/aromatic N) is 6. The van der Waals surface area contributed by atoms with Gasteiger partial charge in [0.25, 0.3) is 11.5 Å². The maximum absolute atomic E-state index is 14.3. The molecule has 0 bridgehead atoms. The summed E-state index contributed by atoms with van der Waals surface area (Å²) in [4.78, 5) is 33.5. The third-order valence-corrected chi connectivity index (χ3v) is 7.11. The number of carbonyl (C=O) groups is 1. The summed E-state index contributed by atoms with van der Waals surface area (Å²) in [5.41, 5.74) is 3.67.